The van der Waals surface area contributed by atoms with E-state index in [0.29, 0.717) is 0 Å². The SMILES string of the molecule is Cc1ccc2cc(CS(=O)(=O)C(C)C)[nH]c2c1. The van der Waals surface area contributed by atoms with Gasteiger partial charge >= 0.3 is 0 Å². The third-order valence-corrected chi connectivity index (χ3v) is 5.06. The lowest BCUT2D eigenvalue weighted by Crippen LogP contribution is -2.16. The molecule has 0 saturated heterocycles. The Morgan fingerprint density at radius 3 is 2.59 bits per heavy atom. The van der Waals surface area contributed by atoms with Crippen LogP contribution in [0, 0.1) is 6.92 Å². The summed E-state index contributed by atoms with van der Waals surface area (Å²) in [6.45, 7) is 5.44. The van der Waals surface area contributed by atoms with Gasteiger partial charge in [-0.3, -0.25) is 0 Å². The Hall–Kier alpha value is -1.29. The van der Waals surface area contributed by atoms with E-state index < -0.39 is 9.84 Å². The van der Waals surface area contributed by atoms with Crippen LogP contribution in [0.3, 0.4) is 0 Å². The molecule has 0 amide bonds. The van der Waals surface area contributed by atoms with Crippen LogP contribution in [0.25, 0.3) is 10.9 Å². The number of hydrogen-bond donors (Lipinski definition) is 1. The molecule has 1 aromatic carbocycles. The minimum atomic E-state index is -3.04. The van der Waals surface area contributed by atoms with Gasteiger partial charge in [-0.1, -0.05) is 12.1 Å². The van der Waals surface area contributed by atoms with Crippen molar-refractivity contribution >= 4 is 20.7 Å². The first-order chi connectivity index (χ1) is 7.88. The number of benzene rings is 1. The Labute approximate surface area is 102 Å². The molecule has 0 unspecified atom stereocenters. The fourth-order valence-corrected chi connectivity index (χ4v) is 2.68. The molecule has 0 atom stereocenters. The molecule has 1 N–H and O–H groups in total. The number of H-pyrrole nitrogens is 1. The molecular formula is C13H17NO2S. The molecule has 3 nitrogen and oxygen atoms in total. The number of fused-ring (bicyclic) bond motifs is 1. The summed E-state index contributed by atoms with van der Waals surface area (Å²) >= 11 is 0. The molecule has 2 rings (SSSR count). The standard InChI is InChI=1S/C13H17NO2S/c1-9(2)17(15,16)8-12-7-11-5-4-10(3)6-13(11)14-12/h4-7,9,14H,8H2,1-3H3. The summed E-state index contributed by atoms with van der Waals surface area (Å²) in [6.07, 6.45) is 0. The van der Waals surface area contributed by atoms with Gasteiger partial charge in [0.25, 0.3) is 0 Å². The molecule has 0 spiro atoms. The molecule has 0 aliphatic rings. The van der Waals surface area contributed by atoms with Crippen molar-refractivity contribution in [1.82, 2.24) is 4.98 Å². The monoisotopic (exact) mass is 251 g/mol. The second-order valence-electron chi connectivity index (χ2n) is 4.74. The molecular weight excluding hydrogens is 234 g/mol. The first-order valence-electron chi connectivity index (χ1n) is 5.68. The first-order valence-corrected chi connectivity index (χ1v) is 7.40. The van der Waals surface area contributed by atoms with E-state index in [1.54, 1.807) is 13.8 Å². The maximum Gasteiger partial charge on any atom is 0.158 e. The predicted molar refractivity (Wildman–Crippen MR) is 70.8 cm³/mol. The number of rotatable bonds is 3. The van der Waals surface area contributed by atoms with Crippen LogP contribution in [0.15, 0.2) is 24.3 Å². The molecule has 0 aliphatic heterocycles. The zero-order chi connectivity index (χ0) is 12.6. The van der Waals surface area contributed by atoms with Crippen LogP contribution in [0.4, 0.5) is 0 Å². The number of aromatic nitrogens is 1. The van der Waals surface area contributed by atoms with Gasteiger partial charge in [-0.2, -0.15) is 0 Å². The Bertz CT molecular complexity index is 638. The van der Waals surface area contributed by atoms with Gasteiger partial charge in [-0.25, -0.2) is 8.42 Å². The number of aromatic amines is 1. The second-order valence-corrected chi connectivity index (χ2v) is 7.30. The van der Waals surface area contributed by atoms with E-state index in [-0.39, 0.29) is 11.0 Å². The van der Waals surface area contributed by atoms with Gasteiger partial charge in [-0.15, -0.1) is 0 Å². The van der Waals surface area contributed by atoms with E-state index in [0.717, 1.165) is 22.2 Å². The summed E-state index contributed by atoms with van der Waals surface area (Å²) < 4.78 is 23.6. The van der Waals surface area contributed by atoms with E-state index in [4.69, 9.17) is 0 Å². The van der Waals surface area contributed by atoms with E-state index in [9.17, 15) is 8.42 Å². The molecule has 1 heterocycles. The highest BCUT2D eigenvalue weighted by Crippen LogP contribution is 2.19. The highest BCUT2D eigenvalue weighted by Gasteiger charge is 2.17. The van der Waals surface area contributed by atoms with Crippen molar-refractivity contribution in [2.45, 2.75) is 31.8 Å². The summed E-state index contributed by atoms with van der Waals surface area (Å²) in [5.74, 6) is 0.0817. The van der Waals surface area contributed by atoms with E-state index in [1.807, 2.05) is 31.2 Å². The molecule has 1 aromatic heterocycles. The topological polar surface area (TPSA) is 49.9 Å². The molecule has 0 bridgehead atoms. The Morgan fingerprint density at radius 1 is 1.24 bits per heavy atom. The predicted octanol–water partition coefficient (Wildman–Crippen LogP) is 2.80. The summed E-state index contributed by atoms with van der Waals surface area (Å²) in [4.78, 5) is 3.17. The van der Waals surface area contributed by atoms with Crippen molar-refractivity contribution in [1.29, 1.82) is 0 Å². The van der Waals surface area contributed by atoms with Gasteiger partial charge in [0.2, 0.25) is 0 Å². The largest absolute Gasteiger partial charge is 0.358 e. The fourth-order valence-electron chi connectivity index (χ4n) is 1.76. The molecule has 0 aliphatic carbocycles. The molecule has 17 heavy (non-hydrogen) atoms. The lowest BCUT2D eigenvalue weighted by molar-refractivity contribution is 0.586. The number of nitrogens with one attached hydrogen (secondary N) is 1. The Balaban J connectivity index is 2.38. The van der Waals surface area contributed by atoms with Gasteiger partial charge < -0.3 is 4.98 Å². The first kappa shape index (κ1) is 12.2. The van der Waals surface area contributed by atoms with Gasteiger partial charge in [-0.05, 0) is 43.9 Å². The second kappa shape index (κ2) is 4.18. The van der Waals surface area contributed by atoms with Crippen molar-refractivity contribution in [2.24, 2.45) is 0 Å². The van der Waals surface area contributed by atoms with Crippen molar-refractivity contribution in [2.75, 3.05) is 0 Å². The van der Waals surface area contributed by atoms with E-state index >= 15 is 0 Å². The normalized spacial score (nSPS) is 12.5. The van der Waals surface area contributed by atoms with Crippen LogP contribution in [0.2, 0.25) is 0 Å². The third kappa shape index (κ3) is 2.52. The van der Waals surface area contributed by atoms with Crippen LogP contribution >= 0.6 is 0 Å². The molecule has 0 radical (unpaired) electrons. The summed E-state index contributed by atoms with van der Waals surface area (Å²) in [6, 6.07) is 7.97. The summed E-state index contributed by atoms with van der Waals surface area (Å²) in [5, 5.41) is 0.722. The smallest absolute Gasteiger partial charge is 0.158 e. The Kier molecular flexibility index (Phi) is 3.00. The van der Waals surface area contributed by atoms with Crippen molar-refractivity contribution < 1.29 is 8.42 Å². The number of aryl methyl sites for hydroxylation is 1. The lowest BCUT2D eigenvalue weighted by atomic mass is 10.2. The lowest BCUT2D eigenvalue weighted by Gasteiger charge is -2.05. The van der Waals surface area contributed by atoms with Crippen LogP contribution in [-0.4, -0.2) is 18.7 Å². The number of sulfone groups is 1. The van der Waals surface area contributed by atoms with Gasteiger partial charge in [0.05, 0.1) is 11.0 Å². The molecule has 4 heteroatoms. The van der Waals surface area contributed by atoms with E-state index in [2.05, 4.69) is 4.98 Å². The highest BCUT2D eigenvalue weighted by molar-refractivity contribution is 7.91. The van der Waals surface area contributed by atoms with Gasteiger partial charge in [0, 0.05) is 11.2 Å². The van der Waals surface area contributed by atoms with Gasteiger partial charge in [0.1, 0.15) is 0 Å². The van der Waals surface area contributed by atoms with Crippen LogP contribution in [0.1, 0.15) is 25.1 Å². The molecule has 2 aromatic rings. The number of hydrogen-bond acceptors (Lipinski definition) is 2. The van der Waals surface area contributed by atoms with Crippen LogP contribution < -0.4 is 0 Å². The van der Waals surface area contributed by atoms with Crippen molar-refractivity contribution in [3.8, 4) is 0 Å². The molecule has 0 fully saturated rings. The Morgan fingerprint density at radius 2 is 1.94 bits per heavy atom. The van der Waals surface area contributed by atoms with Crippen molar-refractivity contribution in [3.63, 3.8) is 0 Å². The highest BCUT2D eigenvalue weighted by atomic mass is 32.2. The third-order valence-electron chi connectivity index (χ3n) is 2.91. The zero-order valence-electron chi connectivity index (χ0n) is 10.3. The van der Waals surface area contributed by atoms with E-state index in [1.165, 1.54) is 0 Å². The molecule has 92 valence electrons. The fraction of sp³-hybridized carbons (Fsp3) is 0.385. The molecule has 0 saturated carbocycles. The maximum atomic E-state index is 11.8. The van der Waals surface area contributed by atoms with Crippen molar-refractivity contribution in [3.05, 3.63) is 35.5 Å². The minimum Gasteiger partial charge on any atom is -0.358 e. The maximum absolute atomic E-state index is 11.8. The van der Waals surface area contributed by atoms with Gasteiger partial charge in [0.15, 0.2) is 9.84 Å². The van der Waals surface area contributed by atoms with Crippen LogP contribution in [0.5, 0.6) is 0 Å². The minimum absolute atomic E-state index is 0.0817. The van der Waals surface area contributed by atoms with Crippen LogP contribution in [-0.2, 0) is 15.6 Å². The average Bonchev–Trinajstić information content (AvgIpc) is 2.57. The summed E-state index contributed by atoms with van der Waals surface area (Å²) in [7, 11) is -3.04. The summed E-state index contributed by atoms with van der Waals surface area (Å²) in [5.41, 5.74) is 2.93. The average molecular weight is 251 g/mol. The quantitative estimate of drug-likeness (QED) is 0.912. The zero-order valence-corrected chi connectivity index (χ0v) is 11.1.